The summed E-state index contributed by atoms with van der Waals surface area (Å²) in [5.74, 6) is 5.23. The van der Waals surface area contributed by atoms with Gasteiger partial charge in [-0.3, -0.25) is 4.79 Å². The number of carbonyl (C=O) groups excluding carboxylic acids is 1. The van der Waals surface area contributed by atoms with Crippen LogP contribution in [0.3, 0.4) is 0 Å². The molecule has 0 amide bonds. The molecule has 0 aromatic carbocycles. The second kappa shape index (κ2) is 5.35. The van der Waals surface area contributed by atoms with Crippen molar-refractivity contribution in [2.45, 2.75) is 71.1 Å². The average Bonchev–Trinajstić information content (AvgIpc) is 2.39. The maximum Gasteiger partial charge on any atom is 0.133 e. The molecular formula is C17H28O. The molecule has 0 heterocycles. The predicted molar refractivity (Wildman–Crippen MR) is 74.3 cm³/mol. The number of fused-ring (bicyclic) bond motifs is 1. The quantitative estimate of drug-likeness (QED) is 0.663. The fourth-order valence-corrected chi connectivity index (χ4v) is 4.91. The van der Waals surface area contributed by atoms with Crippen molar-refractivity contribution in [3.05, 3.63) is 0 Å². The summed E-state index contributed by atoms with van der Waals surface area (Å²) in [4.78, 5) is 11.5. The van der Waals surface area contributed by atoms with Crippen molar-refractivity contribution in [2.75, 3.05) is 0 Å². The van der Waals surface area contributed by atoms with Crippen LogP contribution >= 0.6 is 0 Å². The summed E-state index contributed by atoms with van der Waals surface area (Å²) >= 11 is 0. The summed E-state index contributed by atoms with van der Waals surface area (Å²) in [7, 11) is 0. The molecule has 3 fully saturated rings. The Hall–Kier alpha value is -0.330. The molecule has 0 aromatic rings. The Bertz CT molecular complexity index is 301. The first-order chi connectivity index (χ1) is 8.72. The lowest BCUT2D eigenvalue weighted by molar-refractivity contribution is -0.123. The fourth-order valence-electron chi connectivity index (χ4n) is 4.91. The molecule has 18 heavy (non-hydrogen) atoms. The molecule has 3 rings (SSSR count). The Morgan fingerprint density at radius 2 is 1.39 bits per heavy atom. The Kier molecular flexibility index (Phi) is 3.77. The Balaban J connectivity index is 1.55. The highest BCUT2D eigenvalue weighted by molar-refractivity contribution is 5.79. The molecule has 0 spiro atoms. The molecule has 0 radical (unpaired) electrons. The number of ketones is 1. The topological polar surface area (TPSA) is 17.1 Å². The lowest BCUT2D eigenvalue weighted by Gasteiger charge is -2.43. The number of hydrogen-bond donors (Lipinski definition) is 0. The summed E-state index contributed by atoms with van der Waals surface area (Å²) in [6.07, 6.45) is 13.2. The first-order valence-corrected chi connectivity index (χ1v) is 8.24. The summed E-state index contributed by atoms with van der Waals surface area (Å²) in [5.41, 5.74) is 0. The van der Waals surface area contributed by atoms with E-state index in [4.69, 9.17) is 0 Å². The molecule has 0 bridgehead atoms. The predicted octanol–water partition coefficient (Wildman–Crippen LogP) is 4.60. The van der Waals surface area contributed by atoms with Crippen LogP contribution in [0.5, 0.6) is 0 Å². The van der Waals surface area contributed by atoms with Gasteiger partial charge in [-0.15, -0.1) is 0 Å². The van der Waals surface area contributed by atoms with Crippen LogP contribution in [0.25, 0.3) is 0 Å². The molecule has 1 heteroatoms. The highest BCUT2D eigenvalue weighted by Crippen LogP contribution is 2.47. The number of rotatable bonds is 1. The van der Waals surface area contributed by atoms with Gasteiger partial charge in [0, 0.05) is 12.8 Å². The van der Waals surface area contributed by atoms with Gasteiger partial charge in [-0.05, 0) is 68.1 Å². The van der Waals surface area contributed by atoms with E-state index in [1.54, 1.807) is 0 Å². The highest BCUT2D eigenvalue weighted by atomic mass is 16.1. The number of carbonyl (C=O) groups is 1. The van der Waals surface area contributed by atoms with Gasteiger partial charge < -0.3 is 0 Å². The number of hydrogen-bond acceptors (Lipinski definition) is 1. The molecule has 102 valence electrons. The third-order valence-electron chi connectivity index (χ3n) is 6.19. The van der Waals surface area contributed by atoms with E-state index in [9.17, 15) is 4.79 Å². The van der Waals surface area contributed by atoms with Crippen LogP contribution in [0, 0.1) is 29.6 Å². The van der Waals surface area contributed by atoms with Crippen molar-refractivity contribution in [3.8, 4) is 0 Å². The first kappa shape index (κ1) is 12.7. The summed E-state index contributed by atoms with van der Waals surface area (Å²) < 4.78 is 0. The van der Waals surface area contributed by atoms with Crippen LogP contribution in [-0.4, -0.2) is 5.78 Å². The van der Waals surface area contributed by atoms with E-state index in [0.717, 1.165) is 42.4 Å². The fraction of sp³-hybridized carbons (Fsp3) is 0.941. The number of Topliss-reactive ketones (excluding diaryl/α,β-unsaturated/α-hetero) is 1. The normalized spacial score (nSPS) is 45.6. The molecule has 3 atom stereocenters. The third kappa shape index (κ3) is 2.65. The van der Waals surface area contributed by atoms with E-state index >= 15 is 0 Å². The molecule has 0 saturated heterocycles. The van der Waals surface area contributed by atoms with E-state index in [0.29, 0.717) is 5.78 Å². The van der Waals surface area contributed by atoms with Gasteiger partial charge in [0.15, 0.2) is 0 Å². The van der Waals surface area contributed by atoms with Gasteiger partial charge in [0.25, 0.3) is 0 Å². The van der Waals surface area contributed by atoms with Crippen molar-refractivity contribution in [2.24, 2.45) is 29.6 Å². The summed E-state index contributed by atoms with van der Waals surface area (Å²) in [6, 6.07) is 0. The first-order valence-electron chi connectivity index (χ1n) is 8.24. The van der Waals surface area contributed by atoms with Crippen molar-refractivity contribution >= 4 is 5.78 Å². The maximum atomic E-state index is 11.5. The molecule has 0 aliphatic heterocycles. The van der Waals surface area contributed by atoms with E-state index in [-0.39, 0.29) is 0 Å². The van der Waals surface area contributed by atoms with Gasteiger partial charge in [0.05, 0.1) is 0 Å². The van der Waals surface area contributed by atoms with Crippen LogP contribution in [0.15, 0.2) is 0 Å². The zero-order valence-corrected chi connectivity index (χ0v) is 11.9. The molecular weight excluding hydrogens is 220 g/mol. The van der Waals surface area contributed by atoms with Gasteiger partial charge in [-0.2, -0.15) is 0 Å². The van der Waals surface area contributed by atoms with Gasteiger partial charge in [-0.1, -0.05) is 19.8 Å². The minimum Gasteiger partial charge on any atom is -0.300 e. The Morgan fingerprint density at radius 1 is 0.778 bits per heavy atom. The van der Waals surface area contributed by atoms with Crippen molar-refractivity contribution < 1.29 is 4.79 Å². The zero-order chi connectivity index (χ0) is 12.5. The molecule has 3 aliphatic rings. The molecule has 0 aromatic heterocycles. The summed E-state index contributed by atoms with van der Waals surface area (Å²) in [5, 5.41) is 0. The zero-order valence-electron chi connectivity index (χ0n) is 11.9. The van der Waals surface area contributed by atoms with Crippen LogP contribution in [0.2, 0.25) is 0 Å². The maximum absolute atomic E-state index is 11.5. The smallest absolute Gasteiger partial charge is 0.133 e. The third-order valence-corrected chi connectivity index (χ3v) is 6.19. The molecule has 3 aliphatic carbocycles. The highest BCUT2D eigenvalue weighted by Gasteiger charge is 2.37. The lowest BCUT2D eigenvalue weighted by atomic mass is 9.62. The van der Waals surface area contributed by atoms with E-state index in [1.807, 2.05) is 0 Å². The minimum atomic E-state index is 0.543. The SMILES string of the molecule is CC1CCC(C2CC[C@@H]3CC(=O)CC[C@H]3C2)CC1. The second-order valence-corrected chi connectivity index (χ2v) is 7.39. The van der Waals surface area contributed by atoms with E-state index in [2.05, 4.69) is 6.92 Å². The average molecular weight is 248 g/mol. The van der Waals surface area contributed by atoms with Crippen LogP contribution < -0.4 is 0 Å². The Morgan fingerprint density at radius 3 is 2.17 bits per heavy atom. The van der Waals surface area contributed by atoms with Crippen molar-refractivity contribution in [1.82, 2.24) is 0 Å². The van der Waals surface area contributed by atoms with Crippen LogP contribution in [0.1, 0.15) is 71.1 Å². The van der Waals surface area contributed by atoms with E-state index in [1.165, 1.54) is 51.4 Å². The Labute approximate surface area is 112 Å². The molecule has 1 nitrogen and oxygen atoms in total. The van der Waals surface area contributed by atoms with Gasteiger partial charge >= 0.3 is 0 Å². The standard InChI is InChI=1S/C17H28O/c1-12-2-4-13(5-3-12)14-6-7-16-11-17(18)9-8-15(16)10-14/h12-16H,2-11H2,1H3/t12?,13?,14?,15-,16+/m0/s1. The van der Waals surface area contributed by atoms with E-state index < -0.39 is 0 Å². The van der Waals surface area contributed by atoms with Crippen molar-refractivity contribution in [1.29, 1.82) is 0 Å². The lowest BCUT2D eigenvalue weighted by Crippen LogP contribution is -2.34. The van der Waals surface area contributed by atoms with Crippen LogP contribution in [-0.2, 0) is 4.79 Å². The van der Waals surface area contributed by atoms with Crippen LogP contribution in [0.4, 0.5) is 0 Å². The van der Waals surface area contributed by atoms with Crippen molar-refractivity contribution in [3.63, 3.8) is 0 Å². The monoisotopic (exact) mass is 248 g/mol. The van der Waals surface area contributed by atoms with Gasteiger partial charge in [0.1, 0.15) is 5.78 Å². The largest absolute Gasteiger partial charge is 0.300 e. The molecule has 1 unspecified atom stereocenters. The second-order valence-electron chi connectivity index (χ2n) is 7.39. The molecule has 3 saturated carbocycles. The van der Waals surface area contributed by atoms with Gasteiger partial charge in [0.2, 0.25) is 0 Å². The minimum absolute atomic E-state index is 0.543. The summed E-state index contributed by atoms with van der Waals surface area (Å²) in [6.45, 7) is 2.42. The van der Waals surface area contributed by atoms with Gasteiger partial charge in [-0.25, -0.2) is 0 Å². The molecule has 0 N–H and O–H groups in total.